The maximum Gasteiger partial charge on any atom is 0.264 e. The predicted molar refractivity (Wildman–Crippen MR) is 111 cm³/mol. The fourth-order valence-electron chi connectivity index (χ4n) is 2.93. The zero-order valence-electron chi connectivity index (χ0n) is 16.3. The Balaban J connectivity index is 1.88. The van der Waals surface area contributed by atoms with E-state index >= 15 is 0 Å². The number of aliphatic hydroxyl groups is 1. The molecule has 4 rings (SSSR count). The highest BCUT2D eigenvalue weighted by Crippen LogP contribution is 2.27. The Kier molecular flexibility index (Phi) is 4.56. The van der Waals surface area contributed by atoms with Crippen LogP contribution in [0.4, 0.5) is 11.6 Å². The fraction of sp³-hybridized carbons (Fsp3) is 0.190. The van der Waals surface area contributed by atoms with E-state index in [4.69, 9.17) is 0 Å². The van der Waals surface area contributed by atoms with Crippen LogP contribution >= 0.6 is 0 Å². The maximum absolute atomic E-state index is 12.7. The Labute approximate surface area is 167 Å². The van der Waals surface area contributed by atoms with Crippen LogP contribution in [0.2, 0.25) is 0 Å². The number of pyridine rings is 3. The third-order valence-electron chi connectivity index (χ3n) is 4.50. The minimum atomic E-state index is -1.03. The second kappa shape index (κ2) is 7.06. The molecule has 0 fully saturated rings. The molecule has 2 N–H and O–H groups in total. The topological polar surface area (TPSA) is 106 Å². The average Bonchev–Trinajstić information content (AvgIpc) is 2.71. The van der Waals surface area contributed by atoms with Gasteiger partial charge in [-0.3, -0.25) is 9.78 Å². The molecule has 0 aromatic carbocycles. The summed E-state index contributed by atoms with van der Waals surface area (Å²) in [5.41, 5.74) is 1.18. The van der Waals surface area contributed by atoms with Gasteiger partial charge in [0.15, 0.2) is 0 Å². The first-order valence-electron chi connectivity index (χ1n) is 9.06. The molecule has 0 saturated heterocycles. The van der Waals surface area contributed by atoms with Crippen LogP contribution in [-0.2, 0) is 12.6 Å². The van der Waals surface area contributed by atoms with Crippen LogP contribution < -0.4 is 10.9 Å². The lowest BCUT2D eigenvalue weighted by Gasteiger charge is -2.16. The molecule has 0 bridgehead atoms. The molecule has 0 saturated carbocycles. The van der Waals surface area contributed by atoms with E-state index in [1.54, 1.807) is 51.5 Å². The third kappa shape index (κ3) is 3.70. The van der Waals surface area contributed by atoms with Gasteiger partial charge in [0.1, 0.15) is 22.6 Å². The summed E-state index contributed by atoms with van der Waals surface area (Å²) in [4.78, 5) is 30.4. The first-order chi connectivity index (χ1) is 13.8. The van der Waals surface area contributed by atoms with Gasteiger partial charge in [0.25, 0.3) is 5.56 Å². The highest BCUT2D eigenvalue weighted by Gasteiger charge is 2.18. The normalized spacial score (nSPS) is 11.6. The number of nitrogens with zero attached hydrogens (tertiary/aromatic N) is 5. The van der Waals surface area contributed by atoms with Gasteiger partial charge in [-0.1, -0.05) is 6.07 Å². The number of hydrogen-bond donors (Lipinski definition) is 2. The zero-order chi connectivity index (χ0) is 20.6. The van der Waals surface area contributed by atoms with E-state index in [9.17, 15) is 9.90 Å². The molecular formula is C21H20N6O2. The molecule has 0 spiro atoms. The Bertz CT molecular complexity index is 1230. The van der Waals surface area contributed by atoms with Crippen LogP contribution in [0.5, 0.6) is 0 Å². The number of aryl methyl sites for hydroxylation is 1. The molecule has 0 amide bonds. The molecule has 0 aliphatic carbocycles. The zero-order valence-corrected chi connectivity index (χ0v) is 16.3. The SMILES string of the molecule is Cn1cnc2cc(-c3ccc(C(C)(C)O)nc3)nc(Nc3ccccn3)c2c1=O. The van der Waals surface area contributed by atoms with Crippen molar-refractivity contribution in [3.05, 3.63) is 71.2 Å². The first kappa shape index (κ1) is 18.7. The predicted octanol–water partition coefficient (Wildman–Crippen LogP) is 2.76. The summed E-state index contributed by atoms with van der Waals surface area (Å²) >= 11 is 0. The average molecular weight is 388 g/mol. The maximum atomic E-state index is 12.7. The Morgan fingerprint density at radius 2 is 1.93 bits per heavy atom. The lowest BCUT2D eigenvalue weighted by molar-refractivity contribution is 0.0739. The standard InChI is InChI=1S/C21H20N6O2/c1-21(2,29)16-8-7-13(11-23-16)14-10-15-18(20(28)27(3)12-24-15)19(25-14)26-17-6-4-5-9-22-17/h4-12,29H,1-3H3,(H,22,25,26). The van der Waals surface area contributed by atoms with Crippen LogP contribution in [0, 0.1) is 0 Å². The van der Waals surface area contributed by atoms with Crippen LogP contribution in [0.1, 0.15) is 19.5 Å². The number of nitrogens with one attached hydrogen (secondary N) is 1. The van der Waals surface area contributed by atoms with E-state index in [0.717, 1.165) is 5.56 Å². The molecule has 0 unspecified atom stereocenters. The van der Waals surface area contributed by atoms with Gasteiger partial charge >= 0.3 is 0 Å². The molecule has 146 valence electrons. The van der Waals surface area contributed by atoms with Crippen LogP contribution in [0.15, 0.2) is 59.9 Å². The molecule has 0 aliphatic rings. The summed E-state index contributed by atoms with van der Waals surface area (Å²) in [6.45, 7) is 3.36. The van der Waals surface area contributed by atoms with Crippen molar-refractivity contribution in [3.63, 3.8) is 0 Å². The van der Waals surface area contributed by atoms with Crippen molar-refractivity contribution in [2.24, 2.45) is 7.05 Å². The van der Waals surface area contributed by atoms with Crippen molar-refractivity contribution in [1.82, 2.24) is 24.5 Å². The van der Waals surface area contributed by atoms with Gasteiger partial charge in [-0.15, -0.1) is 0 Å². The molecule has 0 atom stereocenters. The number of anilines is 2. The van der Waals surface area contributed by atoms with Gasteiger partial charge < -0.3 is 15.0 Å². The summed E-state index contributed by atoms with van der Waals surface area (Å²) < 4.78 is 1.41. The van der Waals surface area contributed by atoms with Crippen LogP contribution in [-0.4, -0.2) is 29.6 Å². The number of fused-ring (bicyclic) bond motifs is 1. The van der Waals surface area contributed by atoms with Crippen LogP contribution in [0.25, 0.3) is 22.2 Å². The Hall–Kier alpha value is -3.65. The highest BCUT2D eigenvalue weighted by atomic mass is 16.3. The monoisotopic (exact) mass is 388 g/mol. The van der Waals surface area contributed by atoms with Crippen molar-refractivity contribution < 1.29 is 5.11 Å². The van der Waals surface area contributed by atoms with Gasteiger partial charge in [-0.05, 0) is 44.2 Å². The van der Waals surface area contributed by atoms with Gasteiger partial charge in [0, 0.05) is 25.0 Å². The van der Waals surface area contributed by atoms with E-state index in [0.29, 0.717) is 33.9 Å². The second-order valence-corrected chi connectivity index (χ2v) is 7.24. The van der Waals surface area contributed by atoms with Gasteiger partial charge in [0.05, 0.1) is 23.2 Å². The van der Waals surface area contributed by atoms with E-state index in [1.165, 1.54) is 10.9 Å². The van der Waals surface area contributed by atoms with Crippen molar-refractivity contribution in [2.75, 3.05) is 5.32 Å². The molecular weight excluding hydrogens is 368 g/mol. The highest BCUT2D eigenvalue weighted by molar-refractivity contribution is 5.92. The van der Waals surface area contributed by atoms with Gasteiger partial charge in [-0.25, -0.2) is 15.0 Å². The molecule has 29 heavy (non-hydrogen) atoms. The smallest absolute Gasteiger partial charge is 0.264 e. The second-order valence-electron chi connectivity index (χ2n) is 7.24. The van der Waals surface area contributed by atoms with Gasteiger partial charge in [-0.2, -0.15) is 0 Å². The number of aromatic nitrogens is 5. The van der Waals surface area contributed by atoms with Crippen molar-refractivity contribution in [1.29, 1.82) is 0 Å². The Morgan fingerprint density at radius 3 is 2.59 bits per heavy atom. The quantitative estimate of drug-likeness (QED) is 0.554. The molecule has 8 heteroatoms. The number of rotatable bonds is 4. The van der Waals surface area contributed by atoms with Crippen molar-refractivity contribution >= 4 is 22.5 Å². The summed E-state index contributed by atoms with van der Waals surface area (Å²) in [5, 5.41) is 13.6. The molecule has 4 heterocycles. The summed E-state index contributed by atoms with van der Waals surface area (Å²) in [6.07, 6.45) is 4.78. The molecule has 4 aromatic heterocycles. The summed E-state index contributed by atoms with van der Waals surface area (Å²) in [5.74, 6) is 0.941. The molecule has 8 nitrogen and oxygen atoms in total. The van der Waals surface area contributed by atoms with E-state index in [-0.39, 0.29) is 5.56 Å². The van der Waals surface area contributed by atoms with E-state index in [2.05, 4.69) is 25.3 Å². The van der Waals surface area contributed by atoms with Crippen molar-refractivity contribution in [2.45, 2.75) is 19.4 Å². The van der Waals surface area contributed by atoms with Crippen molar-refractivity contribution in [3.8, 4) is 11.3 Å². The Morgan fingerprint density at radius 1 is 1.10 bits per heavy atom. The van der Waals surface area contributed by atoms with E-state index in [1.807, 2.05) is 18.2 Å². The summed E-state index contributed by atoms with van der Waals surface area (Å²) in [6, 6.07) is 10.8. The van der Waals surface area contributed by atoms with Crippen LogP contribution in [0.3, 0.4) is 0 Å². The largest absolute Gasteiger partial charge is 0.384 e. The first-order valence-corrected chi connectivity index (χ1v) is 9.06. The lowest BCUT2D eigenvalue weighted by atomic mass is 10.0. The minimum absolute atomic E-state index is 0.206. The third-order valence-corrected chi connectivity index (χ3v) is 4.50. The minimum Gasteiger partial charge on any atom is -0.384 e. The van der Waals surface area contributed by atoms with Gasteiger partial charge in [0.2, 0.25) is 0 Å². The molecule has 0 aliphatic heterocycles. The lowest BCUT2D eigenvalue weighted by Crippen LogP contribution is -2.19. The number of hydrogen-bond acceptors (Lipinski definition) is 7. The summed E-state index contributed by atoms with van der Waals surface area (Å²) in [7, 11) is 1.65. The molecule has 0 radical (unpaired) electrons. The van der Waals surface area contributed by atoms with E-state index < -0.39 is 5.60 Å². The fourth-order valence-corrected chi connectivity index (χ4v) is 2.93. The molecule has 4 aromatic rings.